The van der Waals surface area contributed by atoms with E-state index in [1.807, 2.05) is 6.92 Å². The van der Waals surface area contributed by atoms with Gasteiger partial charge in [0.2, 0.25) is 0 Å². The number of rotatable bonds is 3. The van der Waals surface area contributed by atoms with Crippen LogP contribution in [0.15, 0.2) is 18.2 Å². The number of carbonyl (C=O) groups excluding carboxylic acids is 1. The fraction of sp³-hybridized carbons (Fsp3) is 0.588. The normalized spacial score (nSPS) is 25.3. The van der Waals surface area contributed by atoms with E-state index in [-0.39, 0.29) is 36.8 Å². The first-order chi connectivity index (χ1) is 11.9. The molecule has 2 amide bonds. The minimum atomic E-state index is -3.22. The molecule has 1 aromatic rings. The summed E-state index contributed by atoms with van der Waals surface area (Å²) < 4.78 is 43.4. The molecule has 0 aromatic heterocycles. The van der Waals surface area contributed by atoms with Gasteiger partial charge in [-0.3, -0.25) is 0 Å². The Hall–Kier alpha value is -1.67. The van der Waals surface area contributed by atoms with Crippen molar-refractivity contribution in [3.63, 3.8) is 0 Å². The Morgan fingerprint density at radius 2 is 2.24 bits per heavy atom. The van der Waals surface area contributed by atoms with Crippen LogP contribution in [0, 0.1) is 12.7 Å². The first-order valence-corrected chi connectivity index (χ1v) is 10.2. The molecule has 2 heterocycles. The molecule has 2 fully saturated rings. The number of halogens is 1. The SMILES string of the molecule is Cc1ccc(F)c(CCNC(=O)N2CCS(=O)(=O)C3COCCC32)c1. The first-order valence-electron chi connectivity index (χ1n) is 8.47. The zero-order valence-corrected chi connectivity index (χ0v) is 15.0. The van der Waals surface area contributed by atoms with Crippen LogP contribution in [-0.4, -0.2) is 62.7 Å². The van der Waals surface area contributed by atoms with Gasteiger partial charge in [-0.1, -0.05) is 17.7 Å². The number of urea groups is 1. The number of nitrogens with zero attached hydrogens (tertiary/aromatic N) is 1. The number of fused-ring (bicyclic) bond motifs is 1. The van der Waals surface area contributed by atoms with Crippen LogP contribution in [0.5, 0.6) is 0 Å². The van der Waals surface area contributed by atoms with Gasteiger partial charge in [-0.2, -0.15) is 0 Å². The second-order valence-corrected chi connectivity index (χ2v) is 8.95. The van der Waals surface area contributed by atoms with Gasteiger partial charge in [-0.05, 0) is 31.4 Å². The lowest BCUT2D eigenvalue weighted by Crippen LogP contribution is -2.62. The summed E-state index contributed by atoms with van der Waals surface area (Å²) in [5.74, 6) is -0.328. The quantitative estimate of drug-likeness (QED) is 0.870. The molecule has 1 N–H and O–H groups in total. The standard InChI is InChI=1S/C17H23FN2O4S/c1-12-2-3-14(18)13(10-12)4-6-19-17(21)20-7-9-25(22,23)16-11-24-8-5-15(16)20/h2-3,10,15-16H,4-9,11H2,1H3,(H,19,21). The highest BCUT2D eigenvalue weighted by atomic mass is 32.2. The second kappa shape index (κ2) is 7.29. The fourth-order valence-corrected chi connectivity index (χ4v) is 5.31. The van der Waals surface area contributed by atoms with Crippen molar-refractivity contribution in [1.82, 2.24) is 10.2 Å². The number of benzene rings is 1. The van der Waals surface area contributed by atoms with Gasteiger partial charge in [0.25, 0.3) is 0 Å². The highest BCUT2D eigenvalue weighted by Gasteiger charge is 2.45. The smallest absolute Gasteiger partial charge is 0.317 e. The molecule has 2 aliphatic rings. The molecule has 0 saturated carbocycles. The zero-order chi connectivity index (χ0) is 18.0. The minimum Gasteiger partial charge on any atom is -0.380 e. The summed E-state index contributed by atoms with van der Waals surface area (Å²) in [6, 6.07) is 4.26. The summed E-state index contributed by atoms with van der Waals surface area (Å²) in [4.78, 5) is 14.1. The molecule has 0 radical (unpaired) electrons. The van der Waals surface area contributed by atoms with E-state index in [1.165, 1.54) is 6.07 Å². The Labute approximate surface area is 147 Å². The van der Waals surface area contributed by atoms with E-state index in [2.05, 4.69) is 5.32 Å². The molecule has 6 nitrogen and oxygen atoms in total. The molecular formula is C17H23FN2O4S. The second-order valence-electron chi connectivity index (χ2n) is 6.61. The third-order valence-electron chi connectivity index (χ3n) is 4.88. The van der Waals surface area contributed by atoms with Crippen molar-refractivity contribution in [2.75, 3.05) is 32.1 Å². The maximum atomic E-state index is 13.8. The van der Waals surface area contributed by atoms with Crippen molar-refractivity contribution < 1.29 is 22.3 Å². The lowest BCUT2D eigenvalue weighted by molar-refractivity contribution is 0.0463. The van der Waals surface area contributed by atoms with E-state index in [0.717, 1.165) is 5.56 Å². The van der Waals surface area contributed by atoms with Gasteiger partial charge in [0.05, 0.1) is 18.4 Å². The average Bonchev–Trinajstić information content (AvgIpc) is 2.58. The molecule has 2 aliphatic heterocycles. The lowest BCUT2D eigenvalue weighted by Gasteiger charge is -2.43. The van der Waals surface area contributed by atoms with Crippen molar-refractivity contribution in [2.24, 2.45) is 0 Å². The number of hydrogen-bond donors (Lipinski definition) is 1. The lowest BCUT2D eigenvalue weighted by atomic mass is 10.1. The van der Waals surface area contributed by atoms with Gasteiger partial charge in [0, 0.05) is 19.7 Å². The number of sulfone groups is 1. The Morgan fingerprint density at radius 3 is 3.04 bits per heavy atom. The Morgan fingerprint density at radius 1 is 1.44 bits per heavy atom. The molecule has 2 atom stereocenters. The molecule has 2 unspecified atom stereocenters. The predicted octanol–water partition coefficient (Wildman–Crippen LogP) is 1.27. The molecule has 25 heavy (non-hydrogen) atoms. The third-order valence-corrected chi connectivity index (χ3v) is 7.00. The molecule has 0 spiro atoms. The molecule has 0 bridgehead atoms. The van der Waals surface area contributed by atoms with E-state index in [9.17, 15) is 17.6 Å². The zero-order valence-electron chi connectivity index (χ0n) is 14.2. The number of aryl methyl sites for hydroxylation is 1. The van der Waals surface area contributed by atoms with Crippen LogP contribution in [0.25, 0.3) is 0 Å². The summed E-state index contributed by atoms with van der Waals surface area (Å²) in [6.45, 7) is 2.98. The first kappa shape index (κ1) is 18.1. The summed E-state index contributed by atoms with van der Waals surface area (Å²) >= 11 is 0. The van der Waals surface area contributed by atoms with E-state index in [1.54, 1.807) is 17.0 Å². The van der Waals surface area contributed by atoms with E-state index in [4.69, 9.17) is 4.74 Å². The maximum absolute atomic E-state index is 13.8. The van der Waals surface area contributed by atoms with Gasteiger partial charge in [0.1, 0.15) is 11.1 Å². The number of carbonyl (C=O) groups is 1. The molecule has 1 aromatic carbocycles. The number of ether oxygens (including phenoxy) is 1. The Balaban J connectivity index is 1.60. The van der Waals surface area contributed by atoms with Crippen molar-refractivity contribution in [1.29, 1.82) is 0 Å². The van der Waals surface area contributed by atoms with Gasteiger partial charge in [0.15, 0.2) is 9.84 Å². The summed E-state index contributed by atoms with van der Waals surface area (Å²) in [5.41, 5.74) is 1.53. The average molecular weight is 370 g/mol. The van der Waals surface area contributed by atoms with E-state index >= 15 is 0 Å². The van der Waals surface area contributed by atoms with Crippen LogP contribution < -0.4 is 5.32 Å². The largest absolute Gasteiger partial charge is 0.380 e. The summed E-state index contributed by atoms with van der Waals surface area (Å²) in [7, 11) is -3.22. The Kier molecular flexibility index (Phi) is 5.29. The molecule has 0 aliphatic carbocycles. The monoisotopic (exact) mass is 370 g/mol. The molecule has 138 valence electrons. The molecule has 2 saturated heterocycles. The number of hydrogen-bond acceptors (Lipinski definition) is 4. The van der Waals surface area contributed by atoms with Gasteiger partial charge in [-0.15, -0.1) is 0 Å². The van der Waals surface area contributed by atoms with Crippen LogP contribution in [0.1, 0.15) is 17.5 Å². The van der Waals surface area contributed by atoms with E-state index in [0.29, 0.717) is 31.6 Å². The van der Waals surface area contributed by atoms with Gasteiger partial charge < -0.3 is 15.0 Å². The number of nitrogens with one attached hydrogen (secondary N) is 1. The van der Waals surface area contributed by atoms with Crippen LogP contribution in [0.2, 0.25) is 0 Å². The predicted molar refractivity (Wildman–Crippen MR) is 91.7 cm³/mol. The molecule has 8 heteroatoms. The summed E-state index contributed by atoms with van der Waals surface area (Å²) in [5, 5.41) is 2.15. The minimum absolute atomic E-state index is 0.0442. The van der Waals surface area contributed by atoms with Gasteiger partial charge >= 0.3 is 6.03 Å². The van der Waals surface area contributed by atoms with Crippen LogP contribution in [0.3, 0.4) is 0 Å². The highest BCUT2D eigenvalue weighted by molar-refractivity contribution is 7.92. The van der Waals surface area contributed by atoms with Crippen molar-refractivity contribution in [2.45, 2.75) is 31.1 Å². The maximum Gasteiger partial charge on any atom is 0.317 e. The summed E-state index contributed by atoms with van der Waals surface area (Å²) in [6.07, 6.45) is 0.909. The van der Waals surface area contributed by atoms with Crippen molar-refractivity contribution in [3.05, 3.63) is 35.1 Å². The topological polar surface area (TPSA) is 75.7 Å². The van der Waals surface area contributed by atoms with Crippen LogP contribution in [0.4, 0.5) is 9.18 Å². The van der Waals surface area contributed by atoms with Crippen LogP contribution >= 0.6 is 0 Å². The van der Waals surface area contributed by atoms with Gasteiger partial charge in [-0.25, -0.2) is 17.6 Å². The highest BCUT2D eigenvalue weighted by Crippen LogP contribution is 2.26. The fourth-order valence-electron chi connectivity index (χ4n) is 3.50. The third kappa shape index (κ3) is 3.95. The van der Waals surface area contributed by atoms with Crippen LogP contribution in [-0.2, 0) is 21.0 Å². The molecular weight excluding hydrogens is 347 g/mol. The molecule has 3 rings (SSSR count). The van der Waals surface area contributed by atoms with Crippen molar-refractivity contribution >= 4 is 15.9 Å². The van der Waals surface area contributed by atoms with Crippen molar-refractivity contribution in [3.8, 4) is 0 Å². The van der Waals surface area contributed by atoms with E-state index < -0.39 is 15.1 Å². The Bertz CT molecular complexity index is 753. The number of amides is 2.